The van der Waals surface area contributed by atoms with Crippen molar-refractivity contribution in [2.24, 2.45) is 0 Å². The smallest absolute Gasteiger partial charge is 0.449 e. The molecular formula is C8H11NO4. The number of ether oxygens (including phenoxy) is 1. The van der Waals surface area contributed by atoms with Crippen molar-refractivity contribution in [1.29, 1.82) is 0 Å². The molecule has 0 amide bonds. The molecule has 0 atom stereocenters. The Labute approximate surface area is 75.3 Å². The minimum absolute atomic E-state index is 0.0302. The standard InChI is InChI=1S/C8H11NO4/c1-8(2,3)6-9-5(4-12-6)13-7(10)11/h4H,1-3H3,(H,10,11). The zero-order valence-electron chi connectivity index (χ0n) is 7.70. The molecule has 72 valence electrons. The molecular weight excluding hydrogens is 174 g/mol. The van der Waals surface area contributed by atoms with Crippen LogP contribution in [-0.4, -0.2) is 16.2 Å². The van der Waals surface area contributed by atoms with Crippen molar-refractivity contribution < 1.29 is 19.1 Å². The monoisotopic (exact) mass is 185 g/mol. The van der Waals surface area contributed by atoms with Gasteiger partial charge in [-0.15, -0.1) is 0 Å². The Balaban J connectivity index is 2.81. The van der Waals surface area contributed by atoms with Crippen LogP contribution in [0.5, 0.6) is 5.88 Å². The third-order valence-corrected chi connectivity index (χ3v) is 1.32. The van der Waals surface area contributed by atoms with Gasteiger partial charge in [-0.25, -0.2) is 4.79 Å². The van der Waals surface area contributed by atoms with Crippen LogP contribution in [0.4, 0.5) is 4.79 Å². The summed E-state index contributed by atoms with van der Waals surface area (Å²) in [6, 6.07) is 0. The Bertz CT molecular complexity index is 310. The van der Waals surface area contributed by atoms with Crippen molar-refractivity contribution in [1.82, 2.24) is 4.98 Å². The summed E-state index contributed by atoms with van der Waals surface area (Å²) in [5, 5.41) is 8.28. The first-order chi connectivity index (χ1) is 5.89. The normalized spacial score (nSPS) is 11.3. The summed E-state index contributed by atoms with van der Waals surface area (Å²) in [5.41, 5.74) is -0.250. The van der Waals surface area contributed by atoms with E-state index in [4.69, 9.17) is 9.52 Å². The summed E-state index contributed by atoms with van der Waals surface area (Å²) in [7, 11) is 0. The van der Waals surface area contributed by atoms with Crippen LogP contribution < -0.4 is 4.74 Å². The lowest BCUT2D eigenvalue weighted by Gasteiger charge is -2.11. The van der Waals surface area contributed by atoms with Gasteiger partial charge in [0.25, 0.3) is 5.88 Å². The van der Waals surface area contributed by atoms with Gasteiger partial charge in [0.2, 0.25) is 5.89 Å². The van der Waals surface area contributed by atoms with Gasteiger partial charge in [-0.1, -0.05) is 20.8 Å². The van der Waals surface area contributed by atoms with Crippen LogP contribution >= 0.6 is 0 Å². The Morgan fingerprint density at radius 2 is 2.23 bits per heavy atom. The van der Waals surface area contributed by atoms with E-state index >= 15 is 0 Å². The molecule has 1 aromatic heterocycles. The number of nitrogens with zero attached hydrogens (tertiary/aromatic N) is 1. The van der Waals surface area contributed by atoms with Gasteiger partial charge >= 0.3 is 6.16 Å². The average Bonchev–Trinajstić information content (AvgIpc) is 2.32. The predicted octanol–water partition coefficient (Wildman–Crippen LogP) is 2.03. The largest absolute Gasteiger partial charge is 0.512 e. The van der Waals surface area contributed by atoms with Gasteiger partial charge in [0.05, 0.1) is 0 Å². The second-order valence-electron chi connectivity index (χ2n) is 3.61. The lowest BCUT2D eigenvalue weighted by atomic mass is 9.97. The number of oxazole rings is 1. The number of rotatable bonds is 1. The van der Waals surface area contributed by atoms with Crippen LogP contribution in [0.1, 0.15) is 26.7 Å². The second kappa shape index (κ2) is 3.08. The summed E-state index contributed by atoms with van der Waals surface area (Å²) >= 11 is 0. The molecule has 1 rings (SSSR count). The SMILES string of the molecule is CC(C)(C)c1nc(OC(=O)O)co1. The average molecular weight is 185 g/mol. The summed E-state index contributed by atoms with van der Waals surface area (Å²) in [5.74, 6) is 0.418. The van der Waals surface area contributed by atoms with Crippen molar-refractivity contribution >= 4 is 6.16 Å². The van der Waals surface area contributed by atoms with Gasteiger partial charge in [-0.05, 0) is 0 Å². The molecule has 5 nitrogen and oxygen atoms in total. The van der Waals surface area contributed by atoms with Crippen LogP contribution in [0.3, 0.4) is 0 Å². The fourth-order valence-electron chi connectivity index (χ4n) is 0.740. The summed E-state index contributed by atoms with van der Waals surface area (Å²) < 4.78 is 9.33. The molecule has 0 fully saturated rings. The maximum Gasteiger partial charge on any atom is 0.512 e. The molecule has 0 radical (unpaired) electrons. The highest BCUT2D eigenvalue weighted by Crippen LogP contribution is 2.23. The molecule has 13 heavy (non-hydrogen) atoms. The zero-order valence-corrected chi connectivity index (χ0v) is 7.70. The number of aromatic nitrogens is 1. The quantitative estimate of drug-likeness (QED) is 0.677. The lowest BCUT2D eigenvalue weighted by Crippen LogP contribution is -2.11. The first kappa shape index (κ1) is 9.57. The van der Waals surface area contributed by atoms with Crippen LogP contribution in [0.2, 0.25) is 0 Å². The third kappa shape index (κ3) is 2.47. The van der Waals surface area contributed by atoms with E-state index in [1.807, 2.05) is 20.8 Å². The number of carbonyl (C=O) groups is 1. The third-order valence-electron chi connectivity index (χ3n) is 1.32. The molecule has 1 aromatic rings. The topological polar surface area (TPSA) is 72.6 Å². The fraction of sp³-hybridized carbons (Fsp3) is 0.500. The lowest BCUT2D eigenvalue weighted by molar-refractivity contribution is 0.142. The minimum atomic E-state index is -1.39. The van der Waals surface area contributed by atoms with Gasteiger partial charge in [-0.3, -0.25) is 0 Å². The van der Waals surface area contributed by atoms with Crippen LogP contribution in [0.25, 0.3) is 0 Å². The summed E-state index contributed by atoms with van der Waals surface area (Å²) in [6.45, 7) is 5.72. The molecule has 0 saturated carbocycles. The van der Waals surface area contributed by atoms with E-state index in [0.717, 1.165) is 0 Å². The number of hydrogen-bond donors (Lipinski definition) is 1. The first-order valence-corrected chi connectivity index (χ1v) is 3.76. The van der Waals surface area contributed by atoms with Crippen molar-refractivity contribution in [3.05, 3.63) is 12.2 Å². The second-order valence-corrected chi connectivity index (χ2v) is 3.61. The molecule has 0 bridgehead atoms. The van der Waals surface area contributed by atoms with E-state index in [1.54, 1.807) is 0 Å². The number of hydrogen-bond acceptors (Lipinski definition) is 4. The van der Waals surface area contributed by atoms with E-state index in [-0.39, 0.29) is 11.3 Å². The van der Waals surface area contributed by atoms with Crippen molar-refractivity contribution in [3.8, 4) is 5.88 Å². The molecule has 0 aliphatic carbocycles. The molecule has 0 unspecified atom stereocenters. The van der Waals surface area contributed by atoms with Crippen molar-refractivity contribution in [2.45, 2.75) is 26.2 Å². The van der Waals surface area contributed by atoms with Crippen LogP contribution in [0, 0.1) is 0 Å². The van der Waals surface area contributed by atoms with Gasteiger partial charge in [-0.2, -0.15) is 4.98 Å². The zero-order chi connectivity index (χ0) is 10.1. The fourth-order valence-corrected chi connectivity index (χ4v) is 0.740. The molecule has 0 aromatic carbocycles. The van der Waals surface area contributed by atoms with E-state index in [2.05, 4.69) is 9.72 Å². The molecule has 1 N–H and O–H groups in total. The van der Waals surface area contributed by atoms with Gasteiger partial charge in [0.15, 0.2) is 6.26 Å². The van der Waals surface area contributed by atoms with Crippen LogP contribution in [-0.2, 0) is 5.41 Å². The highest BCUT2D eigenvalue weighted by molar-refractivity contribution is 5.60. The maximum atomic E-state index is 10.1. The van der Waals surface area contributed by atoms with E-state index in [9.17, 15) is 4.79 Å². The van der Waals surface area contributed by atoms with E-state index < -0.39 is 6.16 Å². The Kier molecular flexibility index (Phi) is 2.27. The van der Waals surface area contributed by atoms with Crippen molar-refractivity contribution in [3.63, 3.8) is 0 Å². The Morgan fingerprint density at radius 1 is 1.62 bits per heavy atom. The van der Waals surface area contributed by atoms with Gasteiger partial charge < -0.3 is 14.3 Å². The summed E-state index contributed by atoms with van der Waals surface area (Å²) in [6.07, 6.45) is -0.219. The molecule has 0 aliphatic heterocycles. The molecule has 1 heterocycles. The molecule has 0 saturated heterocycles. The predicted molar refractivity (Wildman–Crippen MR) is 43.9 cm³/mol. The minimum Gasteiger partial charge on any atom is -0.449 e. The first-order valence-electron chi connectivity index (χ1n) is 3.76. The highest BCUT2D eigenvalue weighted by atomic mass is 16.7. The molecule has 0 aliphatic rings. The van der Waals surface area contributed by atoms with E-state index in [1.165, 1.54) is 6.26 Å². The maximum absolute atomic E-state index is 10.1. The van der Waals surface area contributed by atoms with Crippen molar-refractivity contribution in [2.75, 3.05) is 0 Å². The highest BCUT2D eigenvalue weighted by Gasteiger charge is 2.21. The van der Waals surface area contributed by atoms with E-state index in [0.29, 0.717) is 5.89 Å². The van der Waals surface area contributed by atoms with Gasteiger partial charge in [0, 0.05) is 5.41 Å². The Hall–Kier alpha value is -1.52. The van der Waals surface area contributed by atoms with Crippen LogP contribution in [0.15, 0.2) is 10.7 Å². The molecule has 5 heteroatoms. The van der Waals surface area contributed by atoms with Gasteiger partial charge in [0.1, 0.15) is 0 Å². The molecule has 0 spiro atoms. The Morgan fingerprint density at radius 3 is 2.62 bits per heavy atom. The number of carboxylic acid groups (broad SMARTS) is 1. The summed E-state index contributed by atoms with van der Waals surface area (Å²) in [4.78, 5) is 14.0.